The molecule has 3 rings (SSSR count). The topological polar surface area (TPSA) is 108 Å². The molecule has 8 nitrogen and oxygen atoms in total. The second-order valence-electron chi connectivity index (χ2n) is 11.6. The summed E-state index contributed by atoms with van der Waals surface area (Å²) in [5.41, 5.74) is 2.16. The molecular weight excluding hydrogens is 574 g/mol. The van der Waals surface area contributed by atoms with E-state index in [1.165, 1.54) is 7.11 Å². The summed E-state index contributed by atoms with van der Waals surface area (Å²) in [6, 6.07) is 20.5. The van der Waals surface area contributed by atoms with Gasteiger partial charge in [0.2, 0.25) is 11.8 Å². The Kier molecular flexibility index (Phi) is 14.5. The van der Waals surface area contributed by atoms with E-state index in [0.29, 0.717) is 38.3 Å². The van der Waals surface area contributed by atoms with Gasteiger partial charge in [0.1, 0.15) is 11.8 Å². The van der Waals surface area contributed by atoms with Crippen molar-refractivity contribution in [1.29, 1.82) is 0 Å². The number of hydrogen-bond donors (Lipinski definition) is 3. The molecule has 0 saturated heterocycles. The standard InChI is InChI=1S/C35H47N3O5S/c1-25(2)21-29(36-33(40)14-7-9-26-15-17-30(39)18-16-26)23-38(22-28-12-8-11-27-10-5-6-13-31(27)28)24-34(41)37-32(19-20-44-4)35(42)43-3/h5-6,8,10-13,15-18,25,29,32,39H,7,9,14,19-24H2,1-4H3,(H,36,40)(H,37,41)/t29-,32-/m0/s1. The number of benzene rings is 3. The summed E-state index contributed by atoms with van der Waals surface area (Å²) in [5.74, 6) is 0.545. The smallest absolute Gasteiger partial charge is 0.328 e. The Morgan fingerprint density at radius 3 is 2.39 bits per heavy atom. The predicted molar refractivity (Wildman–Crippen MR) is 179 cm³/mol. The molecule has 0 fully saturated rings. The Hall–Kier alpha value is -3.56. The van der Waals surface area contributed by atoms with Crippen molar-refractivity contribution in [3.05, 3.63) is 77.9 Å². The highest BCUT2D eigenvalue weighted by Crippen LogP contribution is 2.21. The van der Waals surface area contributed by atoms with E-state index >= 15 is 0 Å². The molecule has 9 heteroatoms. The van der Waals surface area contributed by atoms with Gasteiger partial charge in [0.25, 0.3) is 0 Å². The molecule has 0 saturated carbocycles. The molecule has 2 amide bonds. The Morgan fingerprint density at radius 1 is 0.955 bits per heavy atom. The minimum atomic E-state index is -0.709. The number of fused-ring (bicyclic) bond motifs is 1. The maximum absolute atomic E-state index is 13.4. The van der Waals surface area contributed by atoms with Gasteiger partial charge < -0.3 is 20.5 Å². The monoisotopic (exact) mass is 621 g/mol. The zero-order chi connectivity index (χ0) is 31.9. The zero-order valence-electron chi connectivity index (χ0n) is 26.4. The number of methoxy groups -OCH3 is 1. The van der Waals surface area contributed by atoms with Crippen LogP contribution < -0.4 is 10.6 Å². The van der Waals surface area contributed by atoms with E-state index < -0.39 is 12.0 Å². The number of phenolic OH excluding ortho intramolecular Hbond substituents is 1. The van der Waals surface area contributed by atoms with Gasteiger partial charge in [-0.2, -0.15) is 11.8 Å². The molecule has 0 aliphatic rings. The molecule has 44 heavy (non-hydrogen) atoms. The third-order valence-corrected chi connectivity index (χ3v) is 8.12. The van der Waals surface area contributed by atoms with Crippen LogP contribution in [0.5, 0.6) is 5.75 Å². The van der Waals surface area contributed by atoms with Crippen molar-refractivity contribution in [3.8, 4) is 5.75 Å². The first-order valence-electron chi connectivity index (χ1n) is 15.3. The molecule has 3 aromatic carbocycles. The van der Waals surface area contributed by atoms with E-state index in [0.717, 1.165) is 40.5 Å². The number of carbonyl (C=O) groups is 3. The van der Waals surface area contributed by atoms with Crippen LogP contribution in [0.15, 0.2) is 66.7 Å². The van der Waals surface area contributed by atoms with Crippen molar-refractivity contribution in [2.45, 2.75) is 64.6 Å². The molecule has 3 aromatic rings. The first kappa shape index (κ1) is 34.9. The van der Waals surface area contributed by atoms with Crippen molar-refractivity contribution in [3.63, 3.8) is 0 Å². The highest BCUT2D eigenvalue weighted by Gasteiger charge is 2.25. The number of aryl methyl sites for hydroxylation is 1. The highest BCUT2D eigenvalue weighted by molar-refractivity contribution is 7.98. The van der Waals surface area contributed by atoms with Gasteiger partial charge in [0.05, 0.1) is 13.7 Å². The second-order valence-corrected chi connectivity index (χ2v) is 12.6. The van der Waals surface area contributed by atoms with Gasteiger partial charge in [-0.25, -0.2) is 4.79 Å². The lowest BCUT2D eigenvalue weighted by Gasteiger charge is -2.30. The summed E-state index contributed by atoms with van der Waals surface area (Å²) in [5, 5.41) is 17.9. The Morgan fingerprint density at radius 2 is 1.68 bits per heavy atom. The number of amides is 2. The molecule has 0 aliphatic heterocycles. The van der Waals surface area contributed by atoms with Crippen LogP contribution in [0.3, 0.4) is 0 Å². The maximum Gasteiger partial charge on any atom is 0.328 e. The van der Waals surface area contributed by atoms with Gasteiger partial charge in [0.15, 0.2) is 0 Å². The van der Waals surface area contributed by atoms with Crippen LogP contribution in [-0.4, -0.2) is 72.1 Å². The number of thioether (sulfide) groups is 1. The first-order valence-corrected chi connectivity index (χ1v) is 16.7. The SMILES string of the molecule is COC(=O)[C@H](CCSC)NC(=O)CN(Cc1cccc2ccccc12)C[C@H](CC(C)C)NC(=O)CCCc1ccc(O)cc1. The normalized spacial score (nSPS) is 12.7. The van der Waals surface area contributed by atoms with Gasteiger partial charge >= 0.3 is 5.97 Å². The van der Waals surface area contributed by atoms with Crippen LogP contribution in [0.2, 0.25) is 0 Å². The number of phenols is 1. The van der Waals surface area contributed by atoms with Gasteiger partial charge in [-0.1, -0.05) is 68.4 Å². The number of aromatic hydroxyl groups is 1. The Balaban J connectivity index is 1.75. The summed E-state index contributed by atoms with van der Waals surface area (Å²) in [4.78, 5) is 40.9. The molecule has 238 valence electrons. The molecular formula is C35H47N3O5S. The molecule has 0 unspecified atom stereocenters. The lowest BCUT2D eigenvalue weighted by molar-refractivity contribution is -0.145. The predicted octanol–water partition coefficient (Wildman–Crippen LogP) is 5.31. The van der Waals surface area contributed by atoms with Crippen LogP contribution in [-0.2, 0) is 32.1 Å². The van der Waals surface area contributed by atoms with Crippen molar-refractivity contribution in [1.82, 2.24) is 15.5 Å². The molecule has 2 atom stereocenters. The van der Waals surface area contributed by atoms with Crippen molar-refractivity contribution in [2.75, 3.05) is 32.2 Å². The van der Waals surface area contributed by atoms with E-state index in [1.54, 1.807) is 23.9 Å². The lowest BCUT2D eigenvalue weighted by atomic mass is 10.0. The summed E-state index contributed by atoms with van der Waals surface area (Å²) in [6.45, 7) is 5.30. The highest BCUT2D eigenvalue weighted by atomic mass is 32.2. The van der Waals surface area contributed by atoms with Gasteiger partial charge in [-0.15, -0.1) is 0 Å². The van der Waals surface area contributed by atoms with Crippen LogP contribution >= 0.6 is 11.8 Å². The number of ether oxygens (including phenoxy) is 1. The maximum atomic E-state index is 13.4. The van der Waals surface area contributed by atoms with Crippen LogP contribution in [0.4, 0.5) is 0 Å². The van der Waals surface area contributed by atoms with Crippen LogP contribution in [0, 0.1) is 5.92 Å². The first-order chi connectivity index (χ1) is 21.2. The van der Waals surface area contributed by atoms with Crippen molar-refractivity contribution in [2.24, 2.45) is 5.92 Å². The van der Waals surface area contributed by atoms with E-state index in [4.69, 9.17) is 4.74 Å². The third-order valence-electron chi connectivity index (χ3n) is 7.48. The lowest BCUT2D eigenvalue weighted by Crippen LogP contribution is -2.49. The fraction of sp³-hybridized carbons (Fsp3) is 0.457. The average molecular weight is 622 g/mol. The summed E-state index contributed by atoms with van der Waals surface area (Å²) in [6.07, 6.45) is 5.02. The minimum absolute atomic E-state index is 0.0215. The summed E-state index contributed by atoms with van der Waals surface area (Å²) in [7, 11) is 1.33. The fourth-order valence-corrected chi connectivity index (χ4v) is 5.87. The van der Waals surface area contributed by atoms with Crippen molar-refractivity contribution >= 4 is 40.3 Å². The van der Waals surface area contributed by atoms with E-state index in [2.05, 4.69) is 53.6 Å². The van der Waals surface area contributed by atoms with Gasteiger partial charge in [-0.3, -0.25) is 14.5 Å². The molecule has 0 aliphatic carbocycles. The molecule has 0 bridgehead atoms. The number of nitrogens with zero attached hydrogens (tertiary/aromatic N) is 1. The Bertz CT molecular complexity index is 1340. The molecule has 0 spiro atoms. The quantitative estimate of drug-likeness (QED) is 0.165. The van der Waals surface area contributed by atoms with E-state index in [9.17, 15) is 19.5 Å². The zero-order valence-corrected chi connectivity index (χ0v) is 27.2. The third kappa shape index (κ3) is 11.8. The number of carbonyl (C=O) groups excluding carboxylic acids is 3. The van der Waals surface area contributed by atoms with E-state index in [1.807, 2.05) is 36.6 Å². The van der Waals surface area contributed by atoms with E-state index in [-0.39, 0.29) is 30.2 Å². The second kappa shape index (κ2) is 18.3. The summed E-state index contributed by atoms with van der Waals surface area (Å²) >= 11 is 1.61. The number of nitrogens with one attached hydrogen (secondary N) is 2. The Labute approximate surface area is 265 Å². The molecule has 0 aromatic heterocycles. The van der Waals surface area contributed by atoms with Crippen molar-refractivity contribution < 1.29 is 24.2 Å². The largest absolute Gasteiger partial charge is 0.508 e. The van der Waals surface area contributed by atoms with Crippen LogP contribution in [0.1, 0.15) is 50.7 Å². The molecule has 0 heterocycles. The molecule has 0 radical (unpaired) electrons. The minimum Gasteiger partial charge on any atom is -0.508 e. The summed E-state index contributed by atoms with van der Waals surface area (Å²) < 4.78 is 4.94. The number of esters is 1. The van der Waals surface area contributed by atoms with Crippen LogP contribution in [0.25, 0.3) is 10.8 Å². The number of hydrogen-bond acceptors (Lipinski definition) is 7. The van der Waals surface area contributed by atoms with Gasteiger partial charge in [-0.05, 0) is 77.6 Å². The number of rotatable bonds is 18. The van der Waals surface area contributed by atoms with Gasteiger partial charge in [0, 0.05) is 25.6 Å². The average Bonchev–Trinajstić information content (AvgIpc) is 2.99. The molecule has 3 N–H and O–H groups in total. The fourth-order valence-electron chi connectivity index (χ4n) is 5.40.